The van der Waals surface area contributed by atoms with Crippen LogP contribution in [0.5, 0.6) is 0 Å². The van der Waals surface area contributed by atoms with E-state index in [-0.39, 0.29) is 24.6 Å². The van der Waals surface area contributed by atoms with Gasteiger partial charge in [0.25, 0.3) is 5.69 Å². The standard InChI is InChI=1S/C23H24F3N3O3/c1-14-19-10-16-11-20(29(31)32)18(27-13-15-6-4-3-5-7-15)12-17(16)22(14,2)8-9-28(19)21(30)23(24,25)26/h3-7,11-12,14,19,27H,8-10,13H2,1-2H3/t14?,19-,22?/m1/s1. The molecule has 32 heavy (non-hydrogen) atoms. The summed E-state index contributed by atoms with van der Waals surface area (Å²) in [5.74, 6) is -2.06. The van der Waals surface area contributed by atoms with Crippen LogP contribution in [0.25, 0.3) is 0 Å². The highest BCUT2D eigenvalue weighted by Gasteiger charge is 2.54. The van der Waals surface area contributed by atoms with E-state index < -0.39 is 28.5 Å². The minimum atomic E-state index is -4.94. The highest BCUT2D eigenvalue weighted by molar-refractivity contribution is 5.82. The number of anilines is 1. The average molecular weight is 447 g/mol. The molecular formula is C23H24F3N3O3. The Morgan fingerprint density at radius 3 is 2.59 bits per heavy atom. The molecule has 2 aromatic rings. The number of alkyl halides is 3. The van der Waals surface area contributed by atoms with E-state index in [2.05, 4.69) is 5.32 Å². The number of carbonyl (C=O) groups excluding carboxylic acids is 1. The van der Waals surface area contributed by atoms with Crippen LogP contribution in [-0.2, 0) is 23.2 Å². The molecule has 1 fully saturated rings. The minimum absolute atomic E-state index is 0.00700. The molecule has 9 heteroatoms. The van der Waals surface area contributed by atoms with Gasteiger partial charge in [-0.3, -0.25) is 14.9 Å². The highest BCUT2D eigenvalue weighted by Crippen LogP contribution is 2.51. The number of piperidine rings is 1. The molecule has 4 rings (SSSR count). The molecule has 1 saturated heterocycles. The van der Waals surface area contributed by atoms with Crippen LogP contribution in [0.3, 0.4) is 0 Å². The number of nitrogens with zero attached hydrogens (tertiary/aromatic N) is 2. The molecule has 0 radical (unpaired) electrons. The van der Waals surface area contributed by atoms with E-state index in [4.69, 9.17) is 0 Å². The summed E-state index contributed by atoms with van der Waals surface area (Å²) in [4.78, 5) is 24.2. The van der Waals surface area contributed by atoms with Crippen LogP contribution in [0.4, 0.5) is 24.5 Å². The van der Waals surface area contributed by atoms with Crippen LogP contribution in [-0.4, -0.2) is 34.5 Å². The maximum Gasteiger partial charge on any atom is 0.471 e. The number of nitro benzene ring substituents is 1. The smallest absolute Gasteiger partial charge is 0.375 e. The zero-order valence-corrected chi connectivity index (χ0v) is 17.8. The zero-order valence-electron chi connectivity index (χ0n) is 17.8. The number of rotatable bonds is 4. The first kappa shape index (κ1) is 22.1. The number of nitro groups is 1. The Hall–Kier alpha value is -3.10. The van der Waals surface area contributed by atoms with Crippen LogP contribution in [0.1, 0.15) is 37.0 Å². The predicted molar refractivity (Wildman–Crippen MR) is 113 cm³/mol. The largest absolute Gasteiger partial charge is 0.471 e. The lowest BCUT2D eigenvalue weighted by Crippen LogP contribution is -2.61. The van der Waals surface area contributed by atoms with Gasteiger partial charge in [0, 0.05) is 25.2 Å². The van der Waals surface area contributed by atoms with Gasteiger partial charge in [0.1, 0.15) is 5.69 Å². The molecule has 1 N–H and O–H groups in total. The maximum absolute atomic E-state index is 13.1. The molecule has 1 aliphatic carbocycles. The lowest BCUT2D eigenvalue weighted by atomic mass is 9.59. The summed E-state index contributed by atoms with van der Waals surface area (Å²) in [7, 11) is 0. The van der Waals surface area contributed by atoms with Crippen LogP contribution in [0.15, 0.2) is 42.5 Å². The number of carbonyl (C=O) groups is 1. The van der Waals surface area contributed by atoms with Crippen molar-refractivity contribution in [3.05, 3.63) is 69.3 Å². The lowest BCUT2D eigenvalue weighted by molar-refractivity contribution is -0.384. The third kappa shape index (κ3) is 3.69. The van der Waals surface area contributed by atoms with Crippen LogP contribution in [0.2, 0.25) is 0 Å². The molecular weight excluding hydrogens is 423 g/mol. The van der Waals surface area contributed by atoms with Gasteiger partial charge in [0.05, 0.1) is 4.92 Å². The van der Waals surface area contributed by atoms with Gasteiger partial charge in [-0.25, -0.2) is 0 Å². The number of halogens is 3. The van der Waals surface area contributed by atoms with Crippen molar-refractivity contribution < 1.29 is 22.9 Å². The second-order valence-corrected chi connectivity index (χ2v) is 8.85. The Labute approximate surface area is 183 Å². The molecule has 6 nitrogen and oxygen atoms in total. The second kappa shape index (κ2) is 7.79. The van der Waals surface area contributed by atoms with Crippen molar-refractivity contribution in [2.75, 3.05) is 11.9 Å². The SMILES string of the molecule is CC1[C@H]2Cc3cc([N+](=O)[O-])c(NCc4ccccc4)cc3C1(C)CCN2C(=O)C(F)(F)F. The Morgan fingerprint density at radius 1 is 1.28 bits per heavy atom. The third-order valence-corrected chi connectivity index (χ3v) is 7.15. The van der Waals surface area contributed by atoms with E-state index >= 15 is 0 Å². The fourth-order valence-electron chi connectivity index (χ4n) is 5.17. The molecule has 2 unspecified atom stereocenters. The summed E-state index contributed by atoms with van der Waals surface area (Å²) in [6, 6.07) is 12.1. The normalized spacial score (nSPS) is 24.6. The van der Waals surface area contributed by atoms with Gasteiger partial charge in [-0.15, -0.1) is 0 Å². The Morgan fingerprint density at radius 2 is 1.97 bits per heavy atom. The Kier molecular flexibility index (Phi) is 5.38. The number of hydrogen-bond acceptors (Lipinski definition) is 4. The van der Waals surface area contributed by atoms with Crippen molar-refractivity contribution in [2.45, 2.75) is 50.9 Å². The average Bonchev–Trinajstić information content (AvgIpc) is 2.74. The van der Waals surface area contributed by atoms with Gasteiger partial charge in [-0.2, -0.15) is 13.2 Å². The molecule has 0 spiro atoms. The second-order valence-electron chi connectivity index (χ2n) is 8.85. The van der Waals surface area contributed by atoms with Crippen molar-refractivity contribution in [2.24, 2.45) is 5.92 Å². The quantitative estimate of drug-likeness (QED) is 0.539. The number of fused-ring (bicyclic) bond motifs is 4. The number of hydrogen-bond donors (Lipinski definition) is 1. The maximum atomic E-state index is 13.1. The van der Waals surface area contributed by atoms with E-state index in [1.807, 2.05) is 44.2 Å². The van der Waals surface area contributed by atoms with Crippen LogP contribution < -0.4 is 5.32 Å². The zero-order chi connectivity index (χ0) is 23.3. The number of amides is 1. The molecule has 1 amide bonds. The fourth-order valence-corrected chi connectivity index (χ4v) is 5.17. The van der Waals surface area contributed by atoms with E-state index in [9.17, 15) is 28.1 Å². The summed E-state index contributed by atoms with van der Waals surface area (Å²) >= 11 is 0. The van der Waals surface area contributed by atoms with Gasteiger partial charge in [-0.05, 0) is 46.9 Å². The van der Waals surface area contributed by atoms with Crippen molar-refractivity contribution in [3.63, 3.8) is 0 Å². The van der Waals surface area contributed by atoms with Gasteiger partial charge in [-0.1, -0.05) is 44.2 Å². The molecule has 1 heterocycles. The molecule has 3 atom stereocenters. The van der Waals surface area contributed by atoms with Crippen molar-refractivity contribution in [1.29, 1.82) is 0 Å². The Balaban J connectivity index is 1.72. The first-order valence-corrected chi connectivity index (χ1v) is 10.5. The first-order chi connectivity index (χ1) is 15.0. The van der Waals surface area contributed by atoms with Crippen molar-refractivity contribution in [1.82, 2.24) is 4.90 Å². The third-order valence-electron chi connectivity index (χ3n) is 7.15. The molecule has 2 aromatic carbocycles. The monoisotopic (exact) mass is 447 g/mol. The summed E-state index contributed by atoms with van der Waals surface area (Å²) in [6.45, 7) is 4.25. The van der Waals surface area contributed by atoms with Gasteiger partial charge >= 0.3 is 12.1 Å². The first-order valence-electron chi connectivity index (χ1n) is 10.5. The fraction of sp³-hybridized carbons (Fsp3) is 0.435. The summed E-state index contributed by atoms with van der Waals surface area (Å²) < 4.78 is 39.4. The molecule has 2 bridgehead atoms. The topological polar surface area (TPSA) is 75.5 Å². The van der Waals surface area contributed by atoms with Crippen molar-refractivity contribution in [3.8, 4) is 0 Å². The Bertz CT molecular complexity index is 1060. The van der Waals surface area contributed by atoms with Crippen LogP contribution in [0, 0.1) is 16.0 Å². The molecule has 2 aliphatic rings. The van der Waals surface area contributed by atoms with E-state index in [0.29, 0.717) is 24.2 Å². The highest BCUT2D eigenvalue weighted by atomic mass is 19.4. The number of benzene rings is 2. The molecule has 0 saturated carbocycles. The lowest BCUT2D eigenvalue weighted by Gasteiger charge is -2.54. The molecule has 1 aliphatic heterocycles. The number of likely N-dealkylation sites (tertiary alicyclic amines) is 1. The summed E-state index contributed by atoms with van der Waals surface area (Å²) in [6.07, 6.45) is -4.42. The molecule has 170 valence electrons. The van der Waals surface area contributed by atoms with E-state index in [1.54, 1.807) is 6.07 Å². The van der Waals surface area contributed by atoms with Gasteiger partial charge in [0.2, 0.25) is 0 Å². The predicted octanol–water partition coefficient (Wildman–Crippen LogP) is 4.82. The summed E-state index contributed by atoms with van der Waals surface area (Å²) in [5.41, 5.74) is 2.29. The van der Waals surface area contributed by atoms with Crippen LogP contribution >= 0.6 is 0 Å². The van der Waals surface area contributed by atoms with Crippen molar-refractivity contribution >= 4 is 17.3 Å². The van der Waals surface area contributed by atoms with E-state index in [0.717, 1.165) is 16.0 Å². The van der Waals surface area contributed by atoms with Gasteiger partial charge < -0.3 is 10.2 Å². The number of nitrogens with one attached hydrogen (secondary N) is 1. The van der Waals surface area contributed by atoms with E-state index in [1.165, 1.54) is 6.07 Å². The minimum Gasteiger partial charge on any atom is -0.375 e. The van der Waals surface area contributed by atoms with Gasteiger partial charge in [0.15, 0.2) is 0 Å². The molecule has 0 aromatic heterocycles. The summed E-state index contributed by atoms with van der Waals surface area (Å²) in [5, 5.41) is 14.9.